The molecule has 1 aromatic heterocycles. The minimum absolute atomic E-state index is 0.726. The number of halogens is 1. The summed E-state index contributed by atoms with van der Waals surface area (Å²) >= 11 is 5.59. The SMILES string of the molecule is CC1CN(c2ccncc2Br)CCS1. The second-order valence-corrected chi connectivity index (χ2v) is 5.86. The fourth-order valence-electron chi connectivity index (χ4n) is 1.66. The van der Waals surface area contributed by atoms with Gasteiger partial charge in [-0.3, -0.25) is 4.98 Å². The van der Waals surface area contributed by atoms with Gasteiger partial charge in [-0.05, 0) is 22.0 Å². The molecule has 1 fully saturated rings. The Morgan fingerprint density at radius 2 is 2.50 bits per heavy atom. The van der Waals surface area contributed by atoms with E-state index in [4.69, 9.17) is 0 Å². The van der Waals surface area contributed by atoms with Crippen LogP contribution in [0.3, 0.4) is 0 Å². The number of hydrogen-bond acceptors (Lipinski definition) is 3. The normalized spacial score (nSPS) is 22.4. The molecule has 0 spiro atoms. The summed E-state index contributed by atoms with van der Waals surface area (Å²) in [5.74, 6) is 1.22. The molecular formula is C10H13BrN2S. The zero-order valence-electron chi connectivity index (χ0n) is 8.11. The van der Waals surface area contributed by atoms with Crippen LogP contribution in [-0.2, 0) is 0 Å². The van der Waals surface area contributed by atoms with Crippen LogP contribution in [0.5, 0.6) is 0 Å². The fraction of sp³-hybridized carbons (Fsp3) is 0.500. The Labute approximate surface area is 97.2 Å². The largest absolute Gasteiger partial charge is 0.369 e. The molecule has 0 aromatic carbocycles. The topological polar surface area (TPSA) is 16.1 Å². The van der Waals surface area contributed by atoms with Crippen LogP contribution in [-0.4, -0.2) is 29.1 Å². The first-order valence-electron chi connectivity index (χ1n) is 4.73. The molecule has 0 bridgehead atoms. The Kier molecular flexibility index (Phi) is 3.34. The third-order valence-electron chi connectivity index (χ3n) is 2.33. The highest BCUT2D eigenvalue weighted by molar-refractivity contribution is 9.10. The molecule has 2 heterocycles. The summed E-state index contributed by atoms with van der Waals surface area (Å²) in [5.41, 5.74) is 1.27. The van der Waals surface area contributed by atoms with E-state index >= 15 is 0 Å². The summed E-state index contributed by atoms with van der Waals surface area (Å²) < 4.78 is 1.10. The molecule has 14 heavy (non-hydrogen) atoms. The molecule has 1 atom stereocenters. The van der Waals surface area contributed by atoms with Gasteiger partial charge in [0, 0.05) is 36.5 Å². The van der Waals surface area contributed by atoms with Crippen LogP contribution in [0.4, 0.5) is 5.69 Å². The highest BCUT2D eigenvalue weighted by atomic mass is 79.9. The molecule has 4 heteroatoms. The predicted molar refractivity (Wildman–Crippen MR) is 66.1 cm³/mol. The van der Waals surface area contributed by atoms with Crippen molar-refractivity contribution in [1.82, 2.24) is 4.98 Å². The van der Waals surface area contributed by atoms with Gasteiger partial charge in [0.05, 0.1) is 10.2 Å². The summed E-state index contributed by atoms with van der Waals surface area (Å²) in [4.78, 5) is 6.50. The lowest BCUT2D eigenvalue weighted by atomic mass is 10.3. The van der Waals surface area contributed by atoms with Gasteiger partial charge in [0.15, 0.2) is 0 Å². The van der Waals surface area contributed by atoms with Gasteiger partial charge in [0.25, 0.3) is 0 Å². The van der Waals surface area contributed by atoms with Crippen LogP contribution < -0.4 is 4.90 Å². The maximum Gasteiger partial charge on any atom is 0.0592 e. The van der Waals surface area contributed by atoms with E-state index < -0.39 is 0 Å². The van der Waals surface area contributed by atoms with Crippen molar-refractivity contribution in [3.8, 4) is 0 Å². The third-order valence-corrected chi connectivity index (χ3v) is 4.08. The number of pyridine rings is 1. The molecule has 0 radical (unpaired) electrons. The van der Waals surface area contributed by atoms with Crippen molar-refractivity contribution >= 4 is 33.4 Å². The second kappa shape index (κ2) is 4.53. The summed E-state index contributed by atoms with van der Waals surface area (Å²) in [6, 6.07) is 2.08. The summed E-state index contributed by atoms with van der Waals surface area (Å²) in [5, 5.41) is 0.726. The van der Waals surface area contributed by atoms with Crippen molar-refractivity contribution in [3.63, 3.8) is 0 Å². The standard InChI is InChI=1S/C10H13BrN2S/c1-8-7-13(4-5-14-8)10-2-3-12-6-9(10)11/h2-3,6,8H,4-5,7H2,1H3. The van der Waals surface area contributed by atoms with Crippen molar-refractivity contribution < 1.29 is 0 Å². The average Bonchev–Trinajstić information content (AvgIpc) is 2.18. The highest BCUT2D eigenvalue weighted by Crippen LogP contribution is 2.28. The Morgan fingerprint density at radius 3 is 3.21 bits per heavy atom. The first-order chi connectivity index (χ1) is 6.77. The average molecular weight is 273 g/mol. The molecular weight excluding hydrogens is 260 g/mol. The van der Waals surface area contributed by atoms with Crippen LogP contribution >= 0.6 is 27.7 Å². The van der Waals surface area contributed by atoms with Crippen LogP contribution in [0.1, 0.15) is 6.92 Å². The Balaban J connectivity index is 2.18. The summed E-state index contributed by atoms with van der Waals surface area (Å²) in [7, 11) is 0. The highest BCUT2D eigenvalue weighted by Gasteiger charge is 2.18. The zero-order chi connectivity index (χ0) is 9.97. The monoisotopic (exact) mass is 272 g/mol. The lowest BCUT2D eigenvalue weighted by Crippen LogP contribution is -2.36. The molecule has 0 aliphatic carbocycles. The van der Waals surface area contributed by atoms with E-state index in [0.29, 0.717) is 0 Å². The van der Waals surface area contributed by atoms with Crippen LogP contribution in [0.15, 0.2) is 22.9 Å². The van der Waals surface area contributed by atoms with Crippen molar-refractivity contribution in [1.29, 1.82) is 0 Å². The van der Waals surface area contributed by atoms with E-state index in [9.17, 15) is 0 Å². The second-order valence-electron chi connectivity index (χ2n) is 3.45. The first-order valence-corrected chi connectivity index (χ1v) is 6.57. The maximum absolute atomic E-state index is 4.08. The van der Waals surface area contributed by atoms with Gasteiger partial charge in [-0.1, -0.05) is 6.92 Å². The van der Waals surface area contributed by atoms with Crippen LogP contribution in [0.25, 0.3) is 0 Å². The minimum Gasteiger partial charge on any atom is -0.369 e. The molecule has 0 N–H and O–H groups in total. The summed E-state index contributed by atoms with van der Waals surface area (Å²) in [6.45, 7) is 4.55. The molecule has 0 amide bonds. The quantitative estimate of drug-likeness (QED) is 0.782. The molecule has 1 saturated heterocycles. The molecule has 1 unspecified atom stereocenters. The molecule has 1 aliphatic rings. The van der Waals surface area contributed by atoms with Crippen molar-refractivity contribution in [2.24, 2.45) is 0 Å². The van der Waals surface area contributed by atoms with Crippen LogP contribution in [0.2, 0.25) is 0 Å². The molecule has 2 nitrogen and oxygen atoms in total. The molecule has 0 saturated carbocycles. The van der Waals surface area contributed by atoms with Gasteiger partial charge in [0.1, 0.15) is 0 Å². The van der Waals surface area contributed by atoms with E-state index in [-0.39, 0.29) is 0 Å². The van der Waals surface area contributed by atoms with E-state index in [2.05, 4.69) is 38.8 Å². The van der Waals surface area contributed by atoms with E-state index in [1.165, 1.54) is 11.4 Å². The van der Waals surface area contributed by atoms with Gasteiger partial charge < -0.3 is 4.90 Å². The first kappa shape index (κ1) is 10.3. The Morgan fingerprint density at radius 1 is 1.64 bits per heavy atom. The van der Waals surface area contributed by atoms with Crippen molar-refractivity contribution in [3.05, 3.63) is 22.9 Å². The van der Waals surface area contributed by atoms with E-state index in [1.807, 2.05) is 24.2 Å². The molecule has 1 aromatic rings. The Bertz CT molecular complexity index is 319. The number of nitrogens with zero attached hydrogens (tertiary/aromatic N) is 2. The predicted octanol–water partition coefficient (Wildman–Crippen LogP) is 2.79. The van der Waals surface area contributed by atoms with Crippen molar-refractivity contribution in [2.75, 3.05) is 23.7 Å². The molecule has 2 rings (SSSR count). The van der Waals surface area contributed by atoms with Crippen LogP contribution in [0, 0.1) is 0 Å². The van der Waals surface area contributed by atoms with E-state index in [0.717, 1.165) is 22.8 Å². The van der Waals surface area contributed by atoms with Gasteiger partial charge in [-0.2, -0.15) is 11.8 Å². The zero-order valence-corrected chi connectivity index (χ0v) is 10.5. The van der Waals surface area contributed by atoms with E-state index in [1.54, 1.807) is 0 Å². The van der Waals surface area contributed by atoms with Gasteiger partial charge >= 0.3 is 0 Å². The lowest BCUT2D eigenvalue weighted by Gasteiger charge is -2.32. The summed E-state index contributed by atoms with van der Waals surface area (Å²) in [6.07, 6.45) is 3.72. The maximum atomic E-state index is 4.08. The van der Waals surface area contributed by atoms with Gasteiger partial charge in [-0.25, -0.2) is 0 Å². The number of hydrogen-bond donors (Lipinski definition) is 0. The van der Waals surface area contributed by atoms with Crippen molar-refractivity contribution in [2.45, 2.75) is 12.2 Å². The Hall–Kier alpha value is -0.220. The van der Waals surface area contributed by atoms with Gasteiger partial charge in [0.2, 0.25) is 0 Å². The molecule has 1 aliphatic heterocycles. The number of anilines is 1. The third kappa shape index (κ3) is 2.23. The smallest absolute Gasteiger partial charge is 0.0592 e. The number of aromatic nitrogens is 1. The molecule has 76 valence electrons. The fourth-order valence-corrected chi connectivity index (χ4v) is 3.18. The number of rotatable bonds is 1. The lowest BCUT2D eigenvalue weighted by molar-refractivity contribution is 0.780. The van der Waals surface area contributed by atoms with Gasteiger partial charge in [-0.15, -0.1) is 0 Å². The number of thioether (sulfide) groups is 1. The minimum atomic E-state index is 0.726.